The van der Waals surface area contributed by atoms with Gasteiger partial charge in [-0.05, 0) is 32.2 Å². The Bertz CT molecular complexity index is 926. The van der Waals surface area contributed by atoms with Crippen LogP contribution in [0.4, 0.5) is 5.82 Å². The van der Waals surface area contributed by atoms with Gasteiger partial charge in [0.05, 0.1) is 17.9 Å². The maximum absolute atomic E-state index is 5.22. The summed E-state index contributed by atoms with van der Waals surface area (Å²) in [7, 11) is 1.77. The number of hydrogen-bond acceptors (Lipinski definition) is 6. The van der Waals surface area contributed by atoms with Crippen molar-refractivity contribution < 1.29 is 4.74 Å². The number of rotatable bonds is 5. The van der Waals surface area contributed by atoms with Gasteiger partial charge in [-0.25, -0.2) is 4.98 Å². The zero-order valence-corrected chi connectivity index (χ0v) is 17.3. The summed E-state index contributed by atoms with van der Waals surface area (Å²) in [5.74, 6) is 1.19. The van der Waals surface area contributed by atoms with Crippen molar-refractivity contribution in [3.8, 4) is 10.4 Å². The Morgan fingerprint density at radius 3 is 2.56 bits per heavy atom. The largest absolute Gasteiger partial charge is 0.383 e. The van der Waals surface area contributed by atoms with Crippen molar-refractivity contribution in [1.29, 1.82) is 0 Å². The van der Waals surface area contributed by atoms with E-state index in [1.54, 1.807) is 18.4 Å². The van der Waals surface area contributed by atoms with Crippen molar-refractivity contribution >= 4 is 22.8 Å². The fourth-order valence-corrected chi connectivity index (χ4v) is 4.63. The van der Waals surface area contributed by atoms with Crippen LogP contribution in [0.2, 0.25) is 0 Å². The lowest BCUT2D eigenvalue weighted by atomic mass is 10.2. The number of methoxy groups -OCH3 is 1. The molecule has 3 aromatic heterocycles. The molecule has 4 rings (SSSR count). The van der Waals surface area contributed by atoms with Crippen molar-refractivity contribution in [2.24, 2.45) is 0 Å². The molecule has 4 heterocycles. The molecule has 0 saturated carbocycles. The van der Waals surface area contributed by atoms with Gasteiger partial charge in [-0.1, -0.05) is 6.07 Å². The second kappa shape index (κ2) is 7.58. The van der Waals surface area contributed by atoms with Gasteiger partial charge in [0.15, 0.2) is 5.65 Å². The molecule has 0 atom stereocenters. The molecule has 0 spiro atoms. The van der Waals surface area contributed by atoms with Crippen LogP contribution in [0, 0.1) is 20.8 Å². The first kappa shape index (κ1) is 18.4. The highest BCUT2D eigenvalue weighted by Gasteiger charge is 2.24. The summed E-state index contributed by atoms with van der Waals surface area (Å²) in [5.41, 5.74) is 5.46. The molecule has 0 unspecified atom stereocenters. The number of aromatic nitrogens is 3. The van der Waals surface area contributed by atoms with Gasteiger partial charge in [-0.3, -0.25) is 4.90 Å². The first-order chi connectivity index (χ1) is 13.1. The monoisotopic (exact) mass is 385 g/mol. The summed E-state index contributed by atoms with van der Waals surface area (Å²) in [5, 5.41) is 7.01. The fraction of sp³-hybridized carbons (Fsp3) is 0.500. The molecular weight excluding hydrogens is 358 g/mol. The van der Waals surface area contributed by atoms with Crippen molar-refractivity contribution in [1.82, 2.24) is 19.5 Å². The quantitative estimate of drug-likeness (QED) is 0.675. The van der Waals surface area contributed by atoms with Crippen LogP contribution < -0.4 is 4.90 Å². The summed E-state index contributed by atoms with van der Waals surface area (Å²) < 4.78 is 7.29. The smallest absolute Gasteiger partial charge is 0.166 e. The molecule has 6 nitrogen and oxygen atoms in total. The molecule has 0 amide bonds. The molecule has 0 bridgehead atoms. The van der Waals surface area contributed by atoms with Crippen LogP contribution in [0.1, 0.15) is 17.0 Å². The normalized spacial score (nSPS) is 15.8. The van der Waals surface area contributed by atoms with Crippen LogP contribution in [0.5, 0.6) is 0 Å². The molecule has 27 heavy (non-hydrogen) atoms. The third-order valence-electron chi connectivity index (χ3n) is 5.44. The second-order valence-electron chi connectivity index (χ2n) is 7.14. The molecule has 144 valence electrons. The van der Waals surface area contributed by atoms with E-state index in [9.17, 15) is 0 Å². The first-order valence-electron chi connectivity index (χ1n) is 9.46. The van der Waals surface area contributed by atoms with Crippen molar-refractivity contribution in [3.05, 3.63) is 34.5 Å². The highest BCUT2D eigenvalue weighted by Crippen LogP contribution is 2.34. The average Bonchev–Trinajstić information content (AvgIpc) is 3.29. The number of thiophene rings is 1. The summed E-state index contributed by atoms with van der Waals surface area (Å²) in [4.78, 5) is 11.1. The lowest BCUT2D eigenvalue weighted by Crippen LogP contribution is -2.48. The molecule has 1 aliphatic heterocycles. The lowest BCUT2D eigenvalue weighted by Gasteiger charge is -2.36. The van der Waals surface area contributed by atoms with Gasteiger partial charge in [-0.2, -0.15) is 9.61 Å². The van der Waals surface area contributed by atoms with Crippen molar-refractivity contribution in [2.45, 2.75) is 20.8 Å². The predicted molar refractivity (Wildman–Crippen MR) is 111 cm³/mol. The molecule has 1 aliphatic rings. The molecule has 7 heteroatoms. The van der Waals surface area contributed by atoms with E-state index in [2.05, 4.69) is 52.6 Å². The summed E-state index contributed by atoms with van der Waals surface area (Å²) >= 11 is 1.74. The van der Waals surface area contributed by atoms with Gasteiger partial charge in [0.1, 0.15) is 5.82 Å². The minimum Gasteiger partial charge on any atom is -0.383 e. The number of fused-ring (bicyclic) bond motifs is 1. The molecule has 0 radical (unpaired) electrons. The molecule has 0 aromatic carbocycles. The topological polar surface area (TPSA) is 45.9 Å². The number of piperazine rings is 1. The Hall–Kier alpha value is -1.96. The number of ether oxygens (including phenoxy) is 1. The van der Waals surface area contributed by atoms with Crippen LogP contribution in [-0.4, -0.2) is 65.9 Å². The number of nitrogens with zero attached hydrogens (tertiary/aromatic N) is 5. The van der Waals surface area contributed by atoms with Gasteiger partial charge in [-0.15, -0.1) is 11.3 Å². The van der Waals surface area contributed by atoms with Crippen LogP contribution in [0.15, 0.2) is 17.5 Å². The molecule has 3 aromatic rings. The van der Waals surface area contributed by atoms with Gasteiger partial charge in [0.25, 0.3) is 0 Å². The van der Waals surface area contributed by atoms with E-state index in [-0.39, 0.29) is 0 Å². The molecule has 0 N–H and O–H groups in total. The molecule has 1 saturated heterocycles. The van der Waals surface area contributed by atoms with E-state index in [0.717, 1.165) is 61.9 Å². The second-order valence-corrected chi connectivity index (χ2v) is 8.09. The molecule has 1 fully saturated rings. The van der Waals surface area contributed by atoms with E-state index in [4.69, 9.17) is 14.8 Å². The third kappa shape index (κ3) is 3.35. The Labute approximate surface area is 164 Å². The number of anilines is 1. The van der Waals surface area contributed by atoms with Crippen LogP contribution in [0.3, 0.4) is 0 Å². The zero-order chi connectivity index (χ0) is 19.0. The first-order valence-corrected chi connectivity index (χ1v) is 10.3. The van der Waals surface area contributed by atoms with E-state index in [1.165, 1.54) is 16.3 Å². The van der Waals surface area contributed by atoms with Gasteiger partial charge in [0, 0.05) is 56.0 Å². The number of hydrogen-bond donors (Lipinski definition) is 0. The maximum Gasteiger partial charge on any atom is 0.166 e. The standard InChI is InChI=1S/C20H27N5OS/c1-14-15(2)21-19-18(17-6-5-13-27-17)16(3)22-25(19)20(14)24-9-7-23(8-10-24)11-12-26-4/h5-6,13H,7-12H2,1-4H3. The minimum atomic E-state index is 0.792. The Kier molecular flexibility index (Phi) is 5.16. The Balaban J connectivity index is 1.73. The predicted octanol–water partition coefficient (Wildman–Crippen LogP) is 3.15. The van der Waals surface area contributed by atoms with Crippen molar-refractivity contribution in [3.63, 3.8) is 0 Å². The van der Waals surface area contributed by atoms with E-state index in [1.807, 2.05) is 0 Å². The zero-order valence-electron chi connectivity index (χ0n) is 16.5. The summed E-state index contributed by atoms with van der Waals surface area (Å²) in [6.45, 7) is 12.2. The van der Waals surface area contributed by atoms with E-state index in [0.29, 0.717) is 0 Å². The Morgan fingerprint density at radius 2 is 1.89 bits per heavy atom. The third-order valence-corrected chi connectivity index (χ3v) is 6.33. The summed E-state index contributed by atoms with van der Waals surface area (Å²) in [6.07, 6.45) is 0. The lowest BCUT2D eigenvalue weighted by molar-refractivity contribution is 0.144. The van der Waals surface area contributed by atoms with E-state index >= 15 is 0 Å². The van der Waals surface area contributed by atoms with Crippen LogP contribution in [-0.2, 0) is 4.74 Å². The maximum atomic E-state index is 5.22. The number of aryl methyl sites for hydroxylation is 2. The molecular formula is C20H27N5OS. The Morgan fingerprint density at radius 1 is 1.11 bits per heavy atom. The highest BCUT2D eigenvalue weighted by molar-refractivity contribution is 7.13. The SMILES string of the molecule is COCCN1CCN(c2c(C)c(C)nc3c(-c4cccs4)c(C)nn23)CC1. The highest BCUT2D eigenvalue weighted by atomic mass is 32.1. The minimum absolute atomic E-state index is 0.792. The van der Waals surface area contributed by atoms with Gasteiger partial charge >= 0.3 is 0 Å². The van der Waals surface area contributed by atoms with Crippen molar-refractivity contribution in [2.75, 3.05) is 51.3 Å². The molecule has 0 aliphatic carbocycles. The fourth-order valence-electron chi connectivity index (χ4n) is 3.81. The van der Waals surface area contributed by atoms with Crippen LogP contribution in [0.25, 0.3) is 16.1 Å². The van der Waals surface area contributed by atoms with Gasteiger partial charge in [0.2, 0.25) is 0 Å². The average molecular weight is 386 g/mol. The summed E-state index contributed by atoms with van der Waals surface area (Å²) in [6, 6.07) is 4.24. The van der Waals surface area contributed by atoms with Gasteiger partial charge < -0.3 is 9.64 Å². The van der Waals surface area contributed by atoms with E-state index < -0.39 is 0 Å². The van der Waals surface area contributed by atoms with Crippen LogP contribution >= 0.6 is 11.3 Å².